The van der Waals surface area contributed by atoms with Crippen molar-refractivity contribution in [3.63, 3.8) is 0 Å². The van der Waals surface area contributed by atoms with Crippen LogP contribution < -0.4 is 5.32 Å². The molecule has 3 nitrogen and oxygen atoms in total. The molecule has 4 heteroatoms. The minimum absolute atomic E-state index is 0.0734. The highest BCUT2D eigenvalue weighted by Crippen LogP contribution is 2.16. The second kappa shape index (κ2) is 4.55. The Bertz CT molecular complexity index is 265. The van der Waals surface area contributed by atoms with Crippen LogP contribution in [0.1, 0.15) is 20.3 Å². The lowest BCUT2D eigenvalue weighted by atomic mass is 9.99. The van der Waals surface area contributed by atoms with Crippen LogP contribution in [0.5, 0.6) is 0 Å². The number of carbonyl (C=O) groups is 1. The standard InChI is InChI=1S/C10H16N2OS/c1-4-6-12-9(13)8(7(3)5-2)11-10(12)14/h4,7-8H,1,5-6H2,2-3H3,(H,11,14)/t7-,8+/m0/s1. The summed E-state index contributed by atoms with van der Waals surface area (Å²) in [4.78, 5) is 13.4. The molecule has 0 aromatic heterocycles. The third-order valence-corrected chi connectivity index (χ3v) is 2.92. The van der Waals surface area contributed by atoms with E-state index in [0.29, 0.717) is 17.6 Å². The van der Waals surface area contributed by atoms with Crippen molar-refractivity contribution in [2.45, 2.75) is 26.3 Å². The molecule has 0 aliphatic carbocycles. The van der Waals surface area contributed by atoms with Gasteiger partial charge in [0.25, 0.3) is 5.91 Å². The molecule has 1 heterocycles. The summed E-state index contributed by atoms with van der Waals surface area (Å²) in [6, 6.07) is -0.146. The second-order valence-electron chi connectivity index (χ2n) is 3.55. The topological polar surface area (TPSA) is 32.3 Å². The Kier molecular flexibility index (Phi) is 3.63. The summed E-state index contributed by atoms with van der Waals surface area (Å²) in [5.74, 6) is 0.388. The summed E-state index contributed by atoms with van der Waals surface area (Å²) in [7, 11) is 0. The predicted octanol–water partition coefficient (Wildman–Crippen LogP) is 1.30. The molecule has 0 unspecified atom stereocenters. The average molecular weight is 212 g/mol. The SMILES string of the molecule is C=CCN1C(=O)[C@@H]([C@@H](C)CC)NC1=S. The van der Waals surface area contributed by atoms with Crippen molar-refractivity contribution < 1.29 is 4.79 Å². The van der Waals surface area contributed by atoms with Crippen LogP contribution in [-0.4, -0.2) is 28.5 Å². The Morgan fingerprint density at radius 1 is 1.79 bits per heavy atom. The number of hydrogen-bond acceptors (Lipinski definition) is 2. The van der Waals surface area contributed by atoms with Gasteiger partial charge in [0.2, 0.25) is 0 Å². The second-order valence-corrected chi connectivity index (χ2v) is 3.94. The number of thiocarbonyl (C=S) groups is 1. The minimum Gasteiger partial charge on any atom is -0.350 e. The highest BCUT2D eigenvalue weighted by molar-refractivity contribution is 7.80. The van der Waals surface area contributed by atoms with Crippen molar-refractivity contribution >= 4 is 23.2 Å². The zero-order valence-corrected chi connectivity index (χ0v) is 9.43. The first kappa shape index (κ1) is 11.2. The van der Waals surface area contributed by atoms with Gasteiger partial charge in [-0.25, -0.2) is 0 Å². The fraction of sp³-hybridized carbons (Fsp3) is 0.600. The van der Waals surface area contributed by atoms with Gasteiger partial charge in [-0.1, -0.05) is 26.3 Å². The van der Waals surface area contributed by atoms with Crippen LogP contribution in [-0.2, 0) is 4.79 Å². The van der Waals surface area contributed by atoms with E-state index in [2.05, 4.69) is 25.7 Å². The summed E-state index contributed by atoms with van der Waals surface area (Å²) < 4.78 is 0. The van der Waals surface area contributed by atoms with Gasteiger partial charge in [0.15, 0.2) is 5.11 Å². The third-order valence-electron chi connectivity index (χ3n) is 2.58. The molecule has 2 atom stereocenters. The molecule has 0 radical (unpaired) electrons. The Morgan fingerprint density at radius 3 is 2.93 bits per heavy atom. The number of hydrogen-bond donors (Lipinski definition) is 1. The molecule has 0 spiro atoms. The van der Waals surface area contributed by atoms with Crippen LogP contribution in [0.25, 0.3) is 0 Å². The fourth-order valence-corrected chi connectivity index (χ4v) is 1.76. The Hall–Kier alpha value is -0.900. The van der Waals surface area contributed by atoms with E-state index in [1.165, 1.54) is 0 Å². The molecule has 1 N–H and O–H groups in total. The van der Waals surface area contributed by atoms with Gasteiger partial charge in [0, 0.05) is 6.54 Å². The molecule has 1 aliphatic rings. The van der Waals surface area contributed by atoms with E-state index in [4.69, 9.17) is 12.2 Å². The van der Waals surface area contributed by atoms with E-state index in [0.717, 1.165) is 6.42 Å². The maximum atomic E-state index is 11.8. The van der Waals surface area contributed by atoms with E-state index in [1.807, 2.05) is 0 Å². The summed E-state index contributed by atoms with van der Waals surface area (Å²) >= 11 is 5.07. The molecule has 78 valence electrons. The van der Waals surface area contributed by atoms with Crippen LogP contribution >= 0.6 is 12.2 Å². The molecule has 0 bridgehead atoms. The van der Waals surface area contributed by atoms with E-state index >= 15 is 0 Å². The van der Waals surface area contributed by atoms with Gasteiger partial charge in [-0.15, -0.1) is 6.58 Å². The molecule has 0 saturated carbocycles. The molecule has 1 fully saturated rings. The summed E-state index contributed by atoms with van der Waals surface area (Å²) in [6.07, 6.45) is 2.65. The Labute approximate surface area is 90.2 Å². The number of carbonyl (C=O) groups excluding carboxylic acids is 1. The summed E-state index contributed by atoms with van der Waals surface area (Å²) in [5.41, 5.74) is 0. The van der Waals surface area contributed by atoms with Crippen molar-refractivity contribution in [3.8, 4) is 0 Å². The Morgan fingerprint density at radius 2 is 2.43 bits per heavy atom. The zero-order valence-electron chi connectivity index (χ0n) is 8.62. The summed E-state index contributed by atoms with van der Waals surface area (Å²) in [5, 5.41) is 3.58. The van der Waals surface area contributed by atoms with Crippen LogP contribution in [0, 0.1) is 5.92 Å². The fourth-order valence-electron chi connectivity index (χ4n) is 1.46. The first-order valence-electron chi connectivity index (χ1n) is 4.84. The highest BCUT2D eigenvalue weighted by atomic mass is 32.1. The average Bonchev–Trinajstić information content (AvgIpc) is 2.45. The first-order chi connectivity index (χ1) is 6.61. The van der Waals surface area contributed by atoms with Gasteiger partial charge in [0.1, 0.15) is 6.04 Å². The number of rotatable bonds is 4. The molecular formula is C10H16N2OS. The zero-order chi connectivity index (χ0) is 10.7. The first-order valence-corrected chi connectivity index (χ1v) is 5.25. The lowest BCUT2D eigenvalue weighted by Gasteiger charge is -2.15. The van der Waals surface area contributed by atoms with Crippen molar-refractivity contribution in [1.29, 1.82) is 0 Å². The van der Waals surface area contributed by atoms with E-state index in [9.17, 15) is 4.79 Å². The van der Waals surface area contributed by atoms with Gasteiger partial charge >= 0.3 is 0 Å². The predicted molar refractivity (Wildman–Crippen MR) is 60.9 cm³/mol. The molecule has 1 amide bonds. The Balaban J connectivity index is 2.73. The van der Waals surface area contributed by atoms with Crippen LogP contribution in [0.15, 0.2) is 12.7 Å². The van der Waals surface area contributed by atoms with Crippen LogP contribution in [0.2, 0.25) is 0 Å². The highest BCUT2D eigenvalue weighted by Gasteiger charge is 2.37. The molecule has 1 aliphatic heterocycles. The van der Waals surface area contributed by atoms with Crippen LogP contribution in [0.3, 0.4) is 0 Å². The number of amides is 1. The molecule has 0 aromatic carbocycles. The van der Waals surface area contributed by atoms with Crippen molar-refractivity contribution in [2.24, 2.45) is 5.92 Å². The normalized spacial score (nSPS) is 23.6. The number of nitrogens with one attached hydrogen (secondary N) is 1. The lowest BCUT2D eigenvalue weighted by Crippen LogP contribution is -2.35. The lowest BCUT2D eigenvalue weighted by molar-refractivity contribution is -0.127. The largest absolute Gasteiger partial charge is 0.350 e. The molecular weight excluding hydrogens is 196 g/mol. The molecule has 14 heavy (non-hydrogen) atoms. The third kappa shape index (κ3) is 1.95. The van der Waals surface area contributed by atoms with Gasteiger partial charge in [-0.3, -0.25) is 9.69 Å². The maximum Gasteiger partial charge on any atom is 0.251 e. The smallest absolute Gasteiger partial charge is 0.251 e. The van der Waals surface area contributed by atoms with E-state index in [-0.39, 0.29) is 11.9 Å². The minimum atomic E-state index is -0.146. The van der Waals surface area contributed by atoms with Gasteiger partial charge in [-0.2, -0.15) is 0 Å². The maximum absolute atomic E-state index is 11.8. The van der Waals surface area contributed by atoms with Crippen molar-refractivity contribution in [1.82, 2.24) is 10.2 Å². The van der Waals surface area contributed by atoms with E-state index < -0.39 is 0 Å². The van der Waals surface area contributed by atoms with Gasteiger partial charge in [0.05, 0.1) is 0 Å². The molecule has 1 rings (SSSR count). The van der Waals surface area contributed by atoms with Crippen molar-refractivity contribution in [3.05, 3.63) is 12.7 Å². The van der Waals surface area contributed by atoms with Crippen LogP contribution in [0.4, 0.5) is 0 Å². The van der Waals surface area contributed by atoms with Gasteiger partial charge < -0.3 is 5.32 Å². The molecule has 1 saturated heterocycles. The van der Waals surface area contributed by atoms with Gasteiger partial charge in [-0.05, 0) is 18.1 Å². The quantitative estimate of drug-likeness (QED) is 0.563. The monoisotopic (exact) mass is 212 g/mol. The van der Waals surface area contributed by atoms with E-state index in [1.54, 1.807) is 11.0 Å². The molecule has 0 aromatic rings. The summed E-state index contributed by atoms with van der Waals surface area (Å²) in [6.45, 7) is 8.22. The van der Waals surface area contributed by atoms with Crippen molar-refractivity contribution in [2.75, 3.05) is 6.54 Å². The number of nitrogens with zero attached hydrogens (tertiary/aromatic N) is 1.